The van der Waals surface area contributed by atoms with Gasteiger partial charge in [0, 0.05) is 29.5 Å². The van der Waals surface area contributed by atoms with Crippen LogP contribution in [-0.2, 0) is 4.79 Å². The number of rotatable bonds is 3. The lowest BCUT2D eigenvalue weighted by Crippen LogP contribution is -2.32. The lowest BCUT2D eigenvalue weighted by molar-refractivity contribution is -0.117. The monoisotopic (exact) mass is 350 g/mol. The number of fused-ring (bicyclic) bond motifs is 1. The number of hydrogen-bond donors (Lipinski definition) is 3. The van der Waals surface area contributed by atoms with Crippen molar-refractivity contribution in [3.63, 3.8) is 0 Å². The smallest absolute Gasteiger partial charge is 0.322 e. The standard InChI is InChI=1S/C18H18N6O2/c1-9-7-22-18(26)24(9)12-2-10-4-16(21-8-14(10)15(20)5-12)23-17(25)13-3-11(13)6-19/h2,4-5,8-9,11,13H,3,7,20H2,1H3,(H,22,26)(H,21,23,25)/t9?,11-,13+/m1/s1. The Labute approximate surface area is 150 Å². The second kappa shape index (κ2) is 5.88. The molecular formula is C18H18N6O2. The van der Waals surface area contributed by atoms with Crippen LogP contribution in [0.3, 0.4) is 0 Å². The molecule has 2 heterocycles. The van der Waals surface area contributed by atoms with Gasteiger partial charge in [-0.1, -0.05) is 0 Å². The highest BCUT2D eigenvalue weighted by Gasteiger charge is 2.43. The van der Waals surface area contributed by atoms with E-state index in [1.165, 1.54) is 0 Å². The molecular weight excluding hydrogens is 332 g/mol. The number of carbonyl (C=O) groups excluding carboxylic acids is 2. The number of nitrogens with two attached hydrogens (primary N) is 1. The van der Waals surface area contributed by atoms with E-state index < -0.39 is 0 Å². The number of carbonyl (C=O) groups is 2. The predicted molar refractivity (Wildman–Crippen MR) is 97.3 cm³/mol. The van der Waals surface area contributed by atoms with Gasteiger partial charge < -0.3 is 16.4 Å². The van der Waals surface area contributed by atoms with Gasteiger partial charge in [-0.05, 0) is 36.9 Å². The third-order valence-corrected chi connectivity index (χ3v) is 4.88. The minimum absolute atomic E-state index is 0.0261. The van der Waals surface area contributed by atoms with Crippen molar-refractivity contribution in [2.75, 3.05) is 22.5 Å². The number of urea groups is 1. The van der Waals surface area contributed by atoms with Crippen LogP contribution in [0.1, 0.15) is 13.3 Å². The summed E-state index contributed by atoms with van der Waals surface area (Å²) in [4.78, 5) is 30.1. The second-order valence-corrected chi connectivity index (χ2v) is 6.80. The highest BCUT2D eigenvalue weighted by Crippen LogP contribution is 2.38. The summed E-state index contributed by atoms with van der Waals surface area (Å²) in [6.45, 7) is 2.54. The van der Waals surface area contributed by atoms with E-state index in [1.54, 1.807) is 23.2 Å². The van der Waals surface area contributed by atoms with Crippen molar-refractivity contribution in [2.24, 2.45) is 11.8 Å². The molecule has 3 amide bonds. The van der Waals surface area contributed by atoms with Gasteiger partial charge in [0.2, 0.25) is 5.91 Å². The van der Waals surface area contributed by atoms with Crippen molar-refractivity contribution in [1.29, 1.82) is 5.26 Å². The lowest BCUT2D eigenvalue weighted by atomic mass is 10.1. The van der Waals surface area contributed by atoms with Crippen molar-refractivity contribution in [3.05, 3.63) is 24.4 Å². The maximum Gasteiger partial charge on any atom is 0.322 e. The molecule has 1 aliphatic heterocycles. The summed E-state index contributed by atoms with van der Waals surface area (Å²) in [6, 6.07) is 7.32. The number of amides is 3. The average Bonchev–Trinajstić information content (AvgIpc) is 3.33. The lowest BCUT2D eigenvalue weighted by Gasteiger charge is -2.21. The summed E-state index contributed by atoms with van der Waals surface area (Å²) in [5.74, 6) is -0.252. The van der Waals surface area contributed by atoms with Crippen LogP contribution in [0, 0.1) is 23.2 Å². The molecule has 2 aromatic rings. The van der Waals surface area contributed by atoms with E-state index in [1.807, 2.05) is 13.0 Å². The molecule has 1 saturated heterocycles. The van der Waals surface area contributed by atoms with E-state index in [0.717, 1.165) is 10.8 Å². The first-order valence-corrected chi connectivity index (χ1v) is 8.44. The van der Waals surface area contributed by atoms with Gasteiger partial charge in [0.05, 0.1) is 23.9 Å². The molecule has 8 nitrogen and oxygen atoms in total. The zero-order valence-electron chi connectivity index (χ0n) is 14.2. The summed E-state index contributed by atoms with van der Waals surface area (Å²) in [5.41, 5.74) is 7.36. The maximum atomic E-state index is 12.1. The molecule has 4 rings (SSSR count). The predicted octanol–water partition coefficient (Wildman–Crippen LogP) is 1.83. The van der Waals surface area contributed by atoms with Gasteiger partial charge in [0.25, 0.3) is 0 Å². The first-order chi connectivity index (χ1) is 12.5. The van der Waals surface area contributed by atoms with Crippen molar-refractivity contribution in [2.45, 2.75) is 19.4 Å². The molecule has 0 spiro atoms. The Bertz CT molecular complexity index is 966. The van der Waals surface area contributed by atoms with Crippen LogP contribution >= 0.6 is 0 Å². The van der Waals surface area contributed by atoms with Crippen molar-refractivity contribution < 1.29 is 9.59 Å². The number of nitrogens with one attached hydrogen (secondary N) is 2. The molecule has 1 aromatic carbocycles. The molecule has 1 unspecified atom stereocenters. The zero-order valence-corrected chi connectivity index (χ0v) is 14.2. The molecule has 2 fully saturated rings. The molecule has 132 valence electrons. The zero-order chi connectivity index (χ0) is 18.4. The van der Waals surface area contributed by atoms with E-state index in [9.17, 15) is 9.59 Å². The fourth-order valence-corrected chi connectivity index (χ4v) is 3.31. The topological polar surface area (TPSA) is 124 Å². The summed E-state index contributed by atoms with van der Waals surface area (Å²) in [5, 5.41) is 15.9. The number of hydrogen-bond acceptors (Lipinski definition) is 5. The molecule has 1 saturated carbocycles. The highest BCUT2D eigenvalue weighted by molar-refractivity contribution is 6.03. The number of nitrogen functional groups attached to an aromatic ring is 1. The average molecular weight is 350 g/mol. The van der Waals surface area contributed by atoms with E-state index in [0.29, 0.717) is 30.2 Å². The van der Waals surface area contributed by atoms with E-state index in [-0.39, 0.29) is 29.8 Å². The van der Waals surface area contributed by atoms with Gasteiger partial charge in [0.15, 0.2) is 0 Å². The Kier molecular flexibility index (Phi) is 3.65. The van der Waals surface area contributed by atoms with Gasteiger partial charge in [-0.3, -0.25) is 9.69 Å². The minimum Gasteiger partial charge on any atom is -0.398 e. The quantitative estimate of drug-likeness (QED) is 0.729. The Hall–Kier alpha value is -3.34. The molecule has 0 bridgehead atoms. The van der Waals surface area contributed by atoms with Gasteiger partial charge in [-0.15, -0.1) is 0 Å². The van der Waals surface area contributed by atoms with E-state index in [2.05, 4.69) is 21.7 Å². The fourth-order valence-electron chi connectivity index (χ4n) is 3.31. The highest BCUT2D eigenvalue weighted by atomic mass is 16.2. The molecule has 2 aliphatic rings. The first kappa shape index (κ1) is 16.1. The second-order valence-electron chi connectivity index (χ2n) is 6.80. The molecule has 8 heteroatoms. The van der Waals surface area contributed by atoms with Crippen LogP contribution in [0.15, 0.2) is 24.4 Å². The van der Waals surface area contributed by atoms with Gasteiger partial charge in [0.1, 0.15) is 5.82 Å². The fraction of sp³-hybridized carbons (Fsp3) is 0.333. The molecule has 1 aromatic heterocycles. The number of anilines is 3. The van der Waals surface area contributed by atoms with Gasteiger partial charge in [-0.2, -0.15) is 5.26 Å². The largest absolute Gasteiger partial charge is 0.398 e. The van der Waals surface area contributed by atoms with Crippen LogP contribution in [0.5, 0.6) is 0 Å². The van der Waals surface area contributed by atoms with Crippen molar-refractivity contribution in [3.8, 4) is 6.07 Å². The molecule has 1 aliphatic carbocycles. The third-order valence-electron chi connectivity index (χ3n) is 4.88. The minimum atomic E-state index is -0.261. The van der Waals surface area contributed by atoms with Crippen LogP contribution in [0.4, 0.5) is 22.0 Å². The SMILES string of the molecule is CC1CNC(=O)N1c1cc(N)c2cnc(NC(=O)[C@H]3C[C@@H]3C#N)cc2c1. The summed E-state index contributed by atoms with van der Waals surface area (Å²) in [6.07, 6.45) is 2.20. The van der Waals surface area contributed by atoms with E-state index >= 15 is 0 Å². The maximum absolute atomic E-state index is 12.1. The molecule has 4 N–H and O–H groups in total. The van der Waals surface area contributed by atoms with Gasteiger partial charge in [-0.25, -0.2) is 9.78 Å². The Morgan fingerprint density at radius 1 is 1.46 bits per heavy atom. The van der Waals surface area contributed by atoms with Gasteiger partial charge >= 0.3 is 6.03 Å². The van der Waals surface area contributed by atoms with Crippen molar-refractivity contribution >= 4 is 39.9 Å². The van der Waals surface area contributed by atoms with Crippen LogP contribution < -0.4 is 21.3 Å². The normalized spacial score (nSPS) is 24.2. The Morgan fingerprint density at radius 3 is 2.92 bits per heavy atom. The summed E-state index contributed by atoms with van der Waals surface area (Å²) < 4.78 is 0. The van der Waals surface area contributed by atoms with E-state index in [4.69, 9.17) is 11.0 Å². The number of aromatic nitrogens is 1. The van der Waals surface area contributed by atoms with Crippen LogP contribution in [-0.4, -0.2) is 29.5 Å². The summed E-state index contributed by atoms with van der Waals surface area (Å²) >= 11 is 0. The molecule has 26 heavy (non-hydrogen) atoms. The molecule has 0 radical (unpaired) electrons. The summed E-state index contributed by atoms with van der Waals surface area (Å²) in [7, 11) is 0. The van der Waals surface area contributed by atoms with Crippen LogP contribution in [0.25, 0.3) is 10.8 Å². The molecule has 3 atom stereocenters. The number of pyridine rings is 1. The Morgan fingerprint density at radius 2 is 2.27 bits per heavy atom. The first-order valence-electron chi connectivity index (χ1n) is 8.44. The number of nitrogens with zero attached hydrogens (tertiary/aromatic N) is 3. The third kappa shape index (κ3) is 2.67. The number of benzene rings is 1. The number of nitriles is 1. The Balaban J connectivity index is 1.65. The van der Waals surface area contributed by atoms with Crippen LogP contribution in [0.2, 0.25) is 0 Å². The van der Waals surface area contributed by atoms with Crippen molar-refractivity contribution in [1.82, 2.24) is 10.3 Å².